The van der Waals surface area contributed by atoms with Gasteiger partial charge in [-0.25, -0.2) is 4.99 Å². The van der Waals surface area contributed by atoms with Crippen molar-refractivity contribution in [3.8, 4) is 23.0 Å². The number of benzene rings is 2. The van der Waals surface area contributed by atoms with Crippen LogP contribution >= 0.6 is 0 Å². The topological polar surface area (TPSA) is 76.6 Å². The first-order chi connectivity index (χ1) is 15.6. The third-order valence-corrected chi connectivity index (χ3v) is 5.49. The quantitative estimate of drug-likeness (QED) is 0.457. The van der Waals surface area contributed by atoms with Gasteiger partial charge in [0, 0.05) is 37.3 Å². The molecule has 0 spiro atoms. The fourth-order valence-electron chi connectivity index (χ4n) is 3.88. The molecule has 174 valence electrons. The van der Waals surface area contributed by atoms with Crippen LogP contribution in [0.1, 0.15) is 18.9 Å². The standard InChI is InChI=1S/C24H34N4O4/c1-6-25-24(26-15-17-13-22(31-4)23(32-5)14-21(17)30-3)27-18-11-12-28(16-18)19-9-7-8-10-20(19)29-2/h7-10,13-14,18H,6,11-12,15-16H2,1-5H3,(H2,25,26,27). The molecule has 3 rings (SSSR count). The second-order valence-electron chi connectivity index (χ2n) is 7.46. The minimum absolute atomic E-state index is 0.282. The summed E-state index contributed by atoms with van der Waals surface area (Å²) in [5.41, 5.74) is 2.04. The average Bonchev–Trinajstić information content (AvgIpc) is 3.30. The molecule has 2 aromatic carbocycles. The van der Waals surface area contributed by atoms with Crippen molar-refractivity contribution < 1.29 is 18.9 Å². The van der Waals surface area contributed by atoms with E-state index in [0.29, 0.717) is 23.8 Å². The SMILES string of the molecule is CCNC(=NCc1cc(OC)c(OC)cc1OC)NC1CCN(c2ccccc2OC)C1. The van der Waals surface area contributed by atoms with E-state index >= 15 is 0 Å². The molecule has 0 amide bonds. The fourth-order valence-corrected chi connectivity index (χ4v) is 3.88. The van der Waals surface area contributed by atoms with Crippen LogP contribution in [0.25, 0.3) is 0 Å². The highest BCUT2D eigenvalue weighted by Gasteiger charge is 2.25. The number of aliphatic imine (C=N–C) groups is 1. The molecule has 0 aromatic heterocycles. The third kappa shape index (κ3) is 5.49. The predicted molar refractivity (Wildman–Crippen MR) is 128 cm³/mol. The number of hydrogen-bond donors (Lipinski definition) is 2. The first-order valence-electron chi connectivity index (χ1n) is 10.8. The summed E-state index contributed by atoms with van der Waals surface area (Å²) in [5.74, 6) is 3.67. The minimum Gasteiger partial charge on any atom is -0.496 e. The summed E-state index contributed by atoms with van der Waals surface area (Å²) in [7, 11) is 6.58. The second-order valence-corrected chi connectivity index (χ2v) is 7.46. The number of methoxy groups -OCH3 is 4. The molecule has 1 fully saturated rings. The summed E-state index contributed by atoms with van der Waals surface area (Å²) in [6.07, 6.45) is 1.02. The molecule has 8 heteroatoms. The summed E-state index contributed by atoms with van der Waals surface area (Å²) < 4.78 is 21.9. The van der Waals surface area contributed by atoms with E-state index in [1.807, 2.05) is 30.3 Å². The predicted octanol–water partition coefficient (Wildman–Crippen LogP) is 3.06. The number of nitrogens with one attached hydrogen (secondary N) is 2. The Kier molecular flexibility index (Phi) is 8.30. The number of guanidine groups is 1. The third-order valence-electron chi connectivity index (χ3n) is 5.49. The number of para-hydroxylation sites is 2. The molecular weight excluding hydrogens is 408 g/mol. The molecule has 1 aliphatic heterocycles. The lowest BCUT2D eigenvalue weighted by molar-refractivity contribution is 0.347. The van der Waals surface area contributed by atoms with Gasteiger partial charge in [-0.1, -0.05) is 12.1 Å². The molecule has 1 atom stereocenters. The molecule has 0 radical (unpaired) electrons. The van der Waals surface area contributed by atoms with Gasteiger partial charge in [0.1, 0.15) is 11.5 Å². The highest BCUT2D eigenvalue weighted by atomic mass is 16.5. The minimum atomic E-state index is 0.282. The van der Waals surface area contributed by atoms with E-state index in [-0.39, 0.29) is 6.04 Å². The van der Waals surface area contributed by atoms with Crippen molar-refractivity contribution >= 4 is 11.6 Å². The molecule has 0 saturated carbocycles. The first kappa shape index (κ1) is 23.4. The second kappa shape index (κ2) is 11.4. The zero-order valence-electron chi connectivity index (χ0n) is 19.6. The summed E-state index contributed by atoms with van der Waals surface area (Å²) in [6, 6.07) is 12.1. The number of nitrogens with zero attached hydrogens (tertiary/aromatic N) is 2. The molecule has 2 N–H and O–H groups in total. The highest BCUT2D eigenvalue weighted by molar-refractivity contribution is 5.80. The first-order valence-corrected chi connectivity index (χ1v) is 10.8. The van der Waals surface area contributed by atoms with Crippen LogP contribution < -0.4 is 34.5 Å². The van der Waals surface area contributed by atoms with E-state index < -0.39 is 0 Å². The Hall–Kier alpha value is -3.29. The van der Waals surface area contributed by atoms with Crippen LogP contribution in [0.3, 0.4) is 0 Å². The van der Waals surface area contributed by atoms with Gasteiger partial charge in [-0.3, -0.25) is 0 Å². The van der Waals surface area contributed by atoms with Gasteiger partial charge >= 0.3 is 0 Å². The summed E-state index contributed by atoms with van der Waals surface area (Å²) in [4.78, 5) is 7.14. The molecule has 8 nitrogen and oxygen atoms in total. The highest BCUT2D eigenvalue weighted by Crippen LogP contribution is 2.35. The van der Waals surface area contributed by atoms with Crippen LogP contribution in [-0.2, 0) is 6.54 Å². The molecule has 2 aromatic rings. The monoisotopic (exact) mass is 442 g/mol. The van der Waals surface area contributed by atoms with Crippen LogP contribution in [0.4, 0.5) is 5.69 Å². The van der Waals surface area contributed by atoms with Gasteiger partial charge in [-0.15, -0.1) is 0 Å². The summed E-state index contributed by atoms with van der Waals surface area (Å²) in [5, 5.41) is 6.92. The van der Waals surface area contributed by atoms with Crippen molar-refractivity contribution in [2.45, 2.75) is 25.9 Å². The zero-order valence-corrected chi connectivity index (χ0v) is 19.6. The van der Waals surface area contributed by atoms with Gasteiger partial charge in [0.15, 0.2) is 17.5 Å². The van der Waals surface area contributed by atoms with Gasteiger partial charge < -0.3 is 34.5 Å². The molecule has 0 bridgehead atoms. The number of ether oxygens (including phenoxy) is 4. The van der Waals surface area contributed by atoms with Crippen LogP contribution in [-0.4, -0.2) is 60.1 Å². The Morgan fingerprint density at radius 3 is 2.34 bits per heavy atom. The van der Waals surface area contributed by atoms with Gasteiger partial charge in [0.05, 0.1) is 40.7 Å². The maximum absolute atomic E-state index is 5.53. The Balaban J connectivity index is 1.71. The van der Waals surface area contributed by atoms with Crippen LogP contribution in [0.2, 0.25) is 0 Å². The lowest BCUT2D eigenvalue weighted by Crippen LogP contribution is -2.44. The lowest BCUT2D eigenvalue weighted by Gasteiger charge is -2.22. The van der Waals surface area contributed by atoms with Crippen molar-refractivity contribution in [2.75, 3.05) is 53.0 Å². The summed E-state index contributed by atoms with van der Waals surface area (Å²) in [6.45, 7) is 5.12. The smallest absolute Gasteiger partial charge is 0.191 e. The van der Waals surface area contributed by atoms with Crippen molar-refractivity contribution in [3.05, 3.63) is 42.0 Å². The van der Waals surface area contributed by atoms with Gasteiger partial charge in [0.2, 0.25) is 0 Å². The van der Waals surface area contributed by atoms with E-state index in [1.165, 1.54) is 0 Å². The van der Waals surface area contributed by atoms with E-state index in [0.717, 1.165) is 49.0 Å². The van der Waals surface area contributed by atoms with Crippen LogP contribution in [0, 0.1) is 0 Å². The molecular formula is C24H34N4O4. The Labute approximate surface area is 190 Å². The maximum atomic E-state index is 5.53. The van der Waals surface area contributed by atoms with E-state index in [2.05, 4.69) is 28.5 Å². The van der Waals surface area contributed by atoms with Crippen molar-refractivity contribution in [3.63, 3.8) is 0 Å². The normalized spacial score (nSPS) is 16.0. The van der Waals surface area contributed by atoms with E-state index in [1.54, 1.807) is 28.4 Å². The van der Waals surface area contributed by atoms with Crippen molar-refractivity contribution in [1.82, 2.24) is 10.6 Å². The zero-order chi connectivity index (χ0) is 22.9. The Bertz CT molecular complexity index is 919. The Morgan fingerprint density at radius 2 is 1.66 bits per heavy atom. The van der Waals surface area contributed by atoms with Gasteiger partial charge in [-0.2, -0.15) is 0 Å². The van der Waals surface area contributed by atoms with Crippen LogP contribution in [0.5, 0.6) is 23.0 Å². The maximum Gasteiger partial charge on any atom is 0.191 e. The number of rotatable bonds is 9. The molecule has 1 saturated heterocycles. The fraction of sp³-hybridized carbons (Fsp3) is 0.458. The Morgan fingerprint density at radius 1 is 0.969 bits per heavy atom. The van der Waals surface area contributed by atoms with Gasteiger partial charge in [-0.05, 0) is 31.5 Å². The molecule has 1 heterocycles. The molecule has 1 aliphatic rings. The molecule has 1 unspecified atom stereocenters. The number of hydrogen-bond acceptors (Lipinski definition) is 6. The van der Waals surface area contributed by atoms with Crippen molar-refractivity contribution in [2.24, 2.45) is 4.99 Å². The molecule has 32 heavy (non-hydrogen) atoms. The van der Waals surface area contributed by atoms with Crippen LogP contribution in [0.15, 0.2) is 41.4 Å². The molecule has 0 aliphatic carbocycles. The van der Waals surface area contributed by atoms with E-state index in [9.17, 15) is 0 Å². The van der Waals surface area contributed by atoms with Gasteiger partial charge in [0.25, 0.3) is 0 Å². The number of anilines is 1. The average molecular weight is 443 g/mol. The summed E-state index contributed by atoms with van der Waals surface area (Å²) >= 11 is 0. The van der Waals surface area contributed by atoms with E-state index in [4.69, 9.17) is 23.9 Å². The largest absolute Gasteiger partial charge is 0.496 e. The van der Waals surface area contributed by atoms with Crippen molar-refractivity contribution in [1.29, 1.82) is 0 Å². The lowest BCUT2D eigenvalue weighted by atomic mass is 10.1.